The summed E-state index contributed by atoms with van der Waals surface area (Å²) < 4.78 is 5.45. The van der Waals surface area contributed by atoms with E-state index in [4.69, 9.17) is 4.74 Å². The number of piperidine rings is 1. The Bertz CT molecular complexity index is 898. The van der Waals surface area contributed by atoms with Crippen molar-refractivity contribution >= 4 is 29.2 Å². The Morgan fingerprint density at radius 1 is 1.20 bits per heavy atom. The van der Waals surface area contributed by atoms with Crippen LogP contribution in [0.1, 0.15) is 81.5 Å². The number of likely N-dealkylation sites (tertiary alicyclic amines) is 1. The summed E-state index contributed by atoms with van der Waals surface area (Å²) in [6.45, 7) is 13.1. The van der Waals surface area contributed by atoms with Gasteiger partial charge in [0.1, 0.15) is 11.3 Å². The van der Waals surface area contributed by atoms with Crippen molar-refractivity contribution in [3.05, 3.63) is 27.8 Å². The molecule has 3 rings (SSSR count). The summed E-state index contributed by atoms with van der Waals surface area (Å²) in [4.78, 5) is 31.1. The number of amides is 2. The van der Waals surface area contributed by atoms with Crippen molar-refractivity contribution in [2.24, 2.45) is 0 Å². The first-order chi connectivity index (χ1) is 13.9. The molecule has 2 amide bonds. The minimum absolute atomic E-state index is 0.0715. The van der Waals surface area contributed by atoms with Gasteiger partial charge in [-0.1, -0.05) is 20.8 Å². The molecule has 2 aromatic heterocycles. The van der Waals surface area contributed by atoms with Gasteiger partial charge >= 0.3 is 6.09 Å². The molecule has 0 saturated carbocycles. The van der Waals surface area contributed by atoms with Crippen LogP contribution in [-0.2, 0) is 10.2 Å². The van der Waals surface area contributed by atoms with Crippen LogP contribution < -0.4 is 5.32 Å². The van der Waals surface area contributed by atoms with Crippen molar-refractivity contribution in [3.8, 4) is 0 Å². The Kier molecular flexibility index (Phi) is 6.21. The fraction of sp³-hybridized carbons (Fsp3) is 0.619. The minimum Gasteiger partial charge on any atom is -0.444 e. The lowest BCUT2D eigenvalue weighted by molar-refractivity contribution is 0.0204. The minimum atomic E-state index is -0.493. The third kappa shape index (κ3) is 5.59. The van der Waals surface area contributed by atoms with Crippen LogP contribution in [0.5, 0.6) is 0 Å². The lowest BCUT2D eigenvalue weighted by Gasteiger charge is -2.32. The van der Waals surface area contributed by atoms with Crippen molar-refractivity contribution in [1.29, 1.82) is 0 Å². The third-order valence-electron chi connectivity index (χ3n) is 4.88. The molecule has 0 unspecified atom stereocenters. The molecule has 1 aliphatic rings. The molecule has 1 saturated heterocycles. The van der Waals surface area contributed by atoms with E-state index in [1.54, 1.807) is 10.3 Å². The van der Waals surface area contributed by atoms with Crippen LogP contribution in [0.2, 0.25) is 0 Å². The second-order valence-electron chi connectivity index (χ2n) is 9.68. The number of thiazole rings is 1. The number of nitrogens with one attached hydrogen (secondary N) is 2. The number of hydrogen-bond acceptors (Lipinski definition) is 6. The second kappa shape index (κ2) is 8.37. The smallest absolute Gasteiger partial charge is 0.410 e. The normalized spacial score (nSPS) is 15.9. The molecule has 0 aromatic carbocycles. The molecule has 164 valence electrons. The van der Waals surface area contributed by atoms with Gasteiger partial charge in [-0.05, 0) is 33.6 Å². The molecular formula is C21H31N5O3S. The number of hydrogen-bond donors (Lipinski definition) is 2. The lowest BCUT2D eigenvalue weighted by atomic mass is 9.92. The van der Waals surface area contributed by atoms with Gasteiger partial charge in [-0.15, -0.1) is 11.3 Å². The van der Waals surface area contributed by atoms with Gasteiger partial charge < -0.3 is 15.0 Å². The summed E-state index contributed by atoms with van der Waals surface area (Å²) in [6, 6.07) is 1.84. The average molecular weight is 434 g/mol. The molecule has 0 aliphatic carbocycles. The van der Waals surface area contributed by atoms with Gasteiger partial charge in [0.15, 0.2) is 5.82 Å². The molecule has 0 bridgehead atoms. The maximum atomic E-state index is 12.6. The van der Waals surface area contributed by atoms with E-state index in [9.17, 15) is 9.59 Å². The van der Waals surface area contributed by atoms with Crippen LogP contribution in [0.25, 0.3) is 0 Å². The standard InChI is InChI=1S/C21H31N5O3S/c1-20(2,3)15-11-16(25-24-15)23-17(27)14-12-30-18(22-14)13-7-9-26(10-8-13)19(28)29-21(4,5)6/h11-13H,7-10H2,1-6H3,(H2,23,24,25,27). The molecule has 0 radical (unpaired) electrons. The molecule has 9 heteroatoms. The van der Waals surface area contributed by atoms with Crippen LogP contribution in [0.4, 0.5) is 10.6 Å². The van der Waals surface area contributed by atoms with E-state index in [0.29, 0.717) is 24.6 Å². The lowest BCUT2D eigenvalue weighted by Crippen LogP contribution is -2.41. The van der Waals surface area contributed by atoms with Crippen molar-refractivity contribution in [2.75, 3.05) is 18.4 Å². The van der Waals surface area contributed by atoms with Crippen molar-refractivity contribution in [2.45, 2.75) is 71.3 Å². The first-order valence-corrected chi connectivity index (χ1v) is 11.1. The van der Waals surface area contributed by atoms with Gasteiger partial charge in [0.2, 0.25) is 0 Å². The van der Waals surface area contributed by atoms with E-state index in [2.05, 4.69) is 41.3 Å². The Hall–Kier alpha value is -2.42. The van der Waals surface area contributed by atoms with E-state index in [-0.39, 0.29) is 23.3 Å². The zero-order valence-corrected chi connectivity index (χ0v) is 19.4. The highest BCUT2D eigenvalue weighted by Crippen LogP contribution is 2.31. The first-order valence-electron chi connectivity index (χ1n) is 10.2. The van der Waals surface area contributed by atoms with Crippen LogP contribution >= 0.6 is 11.3 Å². The highest BCUT2D eigenvalue weighted by atomic mass is 32.1. The van der Waals surface area contributed by atoms with E-state index in [0.717, 1.165) is 23.5 Å². The number of anilines is 1. The zero-order valence-electron chi connectivity index (χ0n) is 18.5. The molecule has 3 heterocycles. The Balaban J connectivity index is 1.56. The van der Waals surface area contributed by atoms with Crippen molar-refractivity contribution in [1.82, 2.24) is 20.1 Å². The largest absolute Gasteiger partial charge is 0.444 e. The SMILES string of the molecule is CC(C)(C)OC(=O)N1CCC(c2nc(C(=O)Nc3cc(C(C)(C)C)[nH]n3)cs2)CC1. The summed E-state index contributed by atoms with van der Waals surface area (Å²) in [5, 5.41) is 12.6. The van der Waals surface area contributed by atoms with E-state index < -0.39 is 5.60 Å². The summed E-state index contributed by atoms with van der Waals surface area (Å²) in [6.07, 6.45) is 1.35. The van der Waals surface area contributed by atoms with Crippen LogP contribution in [0, 0.1) is 0 Å². The molecule has 8 nitrogen and oxygen atoms in total. The maximum Gasteiger partial charge on any atom is 0.410 e. The van der Waals surface area contributed by atoms with Crippen LogP contribution in [0.15, 0.2) is 11.4 Å². The molecule has 2 aromatic rings. The predicted molar refractivity (Wildman–Crippen MR) is 117 cm³/mol. The zero-order chi connectivity index (χ0) is 22.1. The number of nitrogens with zero attached hydrogens (tertiary/aromatic N) is 3. The molecule has 1 aliphatic heterocycles. The Morgan fingerprint density at radius 3 is 2.43 bits per heavy atom. The van der Waals surface area contributed by atoms with Gasteiger partial charge in [-0.3, -0.25) is 9.89 Å². The van der Waals surface area contributed by atoms with Gasteiger partial charge in [-0.2, -0.15) is 5.10 Å². The predicted octanol–water partition coefficient (Wildman–Crippen LogP) is 4.53. The van der Waals surface area contributed by atoms with Crippen molar-refractivity contribution in [3.63, 3.8) is 0 Å². The Morgan fingerprint density at radius 2 is 1.87 bits per heavy atom. The number of carbonyl (C=O) groups is 2. The summed E-state index contributed by atoms with van der Waals surface area (Å²) >= 11 is 1.49. The molecule has 0 spiro atoms. The Labute approximate surface area is 181 Å². The number of rotatable bonds is 3. The van der Waals surface area contributed by atoms with Gasteiger partial charge in [0, 0.05) is 41.6 Å². The molecule has 1 fully saturated rings. The third-order valence-corrected chi connectivity index (χ3v) is 5.89. The number of H-pyrrole nitrogens is 1. The molecular weight excluding hydrogens is 402 g/mol. The monoisotopic (exact) mass is 433 g/mol. The molecule has 30 heavy (non-hydrogen) atoms. The summed E-state index contributed by atoms with van der Waals surface area (Å²) in [5.74, 6) is 0.467. The van der Waals surface area contributed by atoms with Gasteiger partial charge in [0.05, 0.1) is 5.01 Å². The van der Waals surface area contributed by atoms with Crippen LogP contribution in [0.3, 0.4) is 0 Å². The first kappa shape index (κ1) is 22.3. The summed E-state index contributed by atoms with van der Waals surface area (Å²) in [5.41, 5.74) is 0.782. The maximum absolute atomic E-state index is 12.6. The quantitative estimate of drug-likeness (QED) is 0.741. The molecule has 0 atom stereocenters. The topological polar surface area (TPSA) is 100 Å². The number of carbonyl (C=O) groups excluding carboxylic acids is 2. The number of aromatic nitrogens is 3. The number of ether oxygens (including phenoxy) is 1. The van der Waals surface area contributed by atoms with E-state index in [1.807, 2.05) is 26.8 Å². The van der Waals surface area contributed by atoms with Gasteiger partial charge in [0.25, 0.3) is 5.91 Å². The summed E-state index contributed by atoms with van der Waals surface area (Å²) in [7, 11) is 0. The van der Waals surface area contributed by atoms with Crippen molar-refractivity contribution < 1.29 is 14.3 Å². The molecule has 2 N–H and O–H groups in total. The number of aromatic amines is 1. The van der Waals surface area contributed by atoms with E-state index in [1.165, 1.54) is 11.3 Å². The fourth-order valence-corrected chi connectivity index (χ4v) is 4.14. The second-order valence-corrected chi connectivity index (χ2v) is 10.6. The fourth-order valence-electron chi connectivity index (χ4n) is 3.17. The average Bonchev–Trinajstić information content (AvgIpc) is 3.29. The highest BCUT2D eigenvalue weighted by Gasteiger charge is 2.29. The highest BCUT2D eigenvalue weighted by molar-refractivity contribution is 7.10. The van der Waals surface area contributed by atoms with E-state index >= 15 is 0 Å². The van der Waals surface area contributed by atoms with Crippen LogP contribution in [-0.4, -0.2) is 50.8 Å². The van der Waals surface area contributed by atoms with Gasteiger partial charge in [-0.25, -0.2) is 9.78 Å².